The van der Waals surface area contributed by atoms with Crippen LogP contribution in [-0.4, -0.2) is 43.7 Å². The molecule has 0 bridgehead atoms. The predicted molar refractivity (Wildman–Crippen MR) is 81.9 cm³/mol. The standard InChI is InChI=1S/C16H24N2O3/c1-3-21-14-8-7-12(10-15(14)20-2)16(19)18-9-5-4-6-13(18)11-17/h7-8,10,13H,3-6,9,11,17H2,1-2H3/t13-/m1/s1. The molecule has 116 valence electrons. The van der Waals surface area contributed by atoms with E-state index in [4.69, 9.17) is 15.2 Å². The van der Waals surface area contributed by atoms with Crippen molar-refractivity contribution in [2.45, 2.75) is 32.2 Å². The van der Waals surface area contributed by atoms with Crippen LogP contribution in [0.25, 0.3) is 0 Å². The lowest BCUT2D eigenvalue weighted by Crippen LogP contribution is -2.47. The van der Waals surface area contributed by atoms with E-state index in [-0.39, 0.29) is 11.9 Å². The highest BCUT2D eigenvalue weighted by molar-refractivity contribution is 5.95. The minimum Gasteiger partial charge on any atom is -0.493 e. The summed E-state index contributed by atoms with van der Waals surface area (Å²) in [6.45, 7) is 3.76. The lowest BCUT2D eigenvalue weighted by atomic mass is 10.0. The molecule has 2 rings (SSSR count). The highest BCUT2D eigenvalue weighted by atomic mass is 16.5. The first kappa shape index (κ1) is 15.6. The maximum Gasteiger partial charge on any atom is 0.254 e. The summed E-state index contributed by atoms with van der Waals surface area (Å²) in [6.07, 6.45) is 3.16. The smallest absolute Gasteiger partial charge is 0.254 e. The number of hydrogen-bond acceptors (Lipinski definition) is 4. The number of nitrogens with zero attached hydrogens (tertiary/aromatic N) is 1. The van der Waals surface area contributed by atoms with Gasteiger partial charge < -0.3 is 20.1 Å². The molecule has 5 heteroatoms. The number of amides is 1. The Morgan fingerprint density at radius 3 is 2.86 bits per heavy atom. The molecule has 1 fully saturated rings. The van der Waals surface area contributed by atoms with Crippen LogP contribution in [0.3, 0.4) is 0 Å². The van der Waals surface area contributed by atoms with Gasteiger partial charge in [-0.15, -0.1) is 0 Å². The number of piperidine rings is 1. The SMILES string of the molecule is CCOc1ccc(C(=O)N2CCCC[C@@H]2CN)cc1OC. The summed E-state index contributed by atoms with van der Waals surface area (Å²) in [5.41, 5.74) is 6.41. The number of likely N-dealkylation sites (tertiary alicyclic amines) is 1. The fraction of sp³-hybridized carbons (Fsp3) is 0.562. The molecular weight excluding hydrogens is 268 g/mol. The fourth-order valence-corrected chi connectivity index (χ4v) is 2.75. The summed E-state index contributed by atoms with van der Waals surface area (Å²) in [7, 11) is 1.58. The van der Waals surface area contributed by atoms with Crippen LogP contribution in [0.15, 0.2) is 18.2 Å². The van der Waals surface area contributed by atoms with Gasteiger partial charge in [0.1, 0.15) is 0 Å². The summed E-state index contributed by atoms with van der Waals surface area (Å²) in [5.74, 6) is 1.26. The molecule has 1 amide bonds. The van der Waals surface area contributed by atoms with Gasteiger partial charge in [-0.3, -0.25) is 4.79 Å². The quantitative estimate of drug-likeness (QED) is 0.902. The number of nitrogens with two attached hydrogens (primary N) is 1. The van der Waals surface area contributed by atoms with Crippen molar-refractivity contribution in [1.82, 2.24) is 4.90 Å². The first-order valence-corrected chi connectivity index (χ1v) is 7.53. The van der Waals surface area contributed by atoms with Gasteiger partial charge in [0.25, 0.3) is 5.91 Å². The molecule has 1 heterocycles. The average Bonchev–Trinajstić information content (AvgIpc) is 2.54. The number of carbonyl (C=O) groups is 1. The molecule has 1 saturated heterocycles. The topological polar surface area (TPSA) is 64.8 Å². The third kappa shape index (κ3) is 3.47. The van der Waals surface area contributed by atoms with Crippen LogP contribution < -0.4 is 15.2 Å². The molecule has 1 aromatic carbocycles. The average molecular weight is 292 g/mol. The molecular formula is C16H24N2O3. The molecule has 0 unspecified atom stereocenters. The largest absolute Gasteiger partial charge is 0.493 e. The summed E-state index contributed by atoms with van der Waals surface area (Å²) in [6, 6.07) is 5.47. The maximum atomic E-state index is 12.7. The normalized spacial score (nSPS) is 18.4. The third-order valence-electron chi connectivity index (χ3n) is 3.87. The monoisotopic (exact) mass is 292 g/mol. The van der Waals surface area contributed by atoms with Gasteiger partial charge >= 0.3 is 0 Å². The molecule has 0 saturated carbocycles. The zero-order valence-corrected chi connectivity index (χ0v) is 12.8. The molecule has 0 aromatic heterocycles. The first-order valence-electron chi connectivity index (χ1n) is 7.53. The minimum atomic E-state index is 0.0199. The van der Waals surface area contributed by atoms with Gasteiger partial charge in [-0.25, -0.2) is 0 Å². The fourth-order valence-electron chi connectivity index (χ4n) is 2.75. The molecule has 0 spiro atoms. The predicted octanol–water partition coefficient (Wildman–Crippen LogP) is 2.05. The van der Waals surface area contributed by atoms with Crippen LogP contribution in [0.4, 0.5) is 0 Å². The van der Waals surface area contributed by atoms with E-state index in [1.54, 1.807) is 25.3 Å². The molecule has 5 nitrogen and oxygen atoms in total. The van der Waals surface area contributed by atoms with Gasteiger partial charge in [-0.2, -0.15) is 0 Å². The van der Waals surface area contributed by atoms with Crippen molar-refractivity contribution < 1.29 is 14.3 Å². The number of hydrogen-bond donors (Lipinski definition) is 1. The second-order valence-corrected chi connectivity index (χ2v) is 5.18. The molecule has 1 aliphatic heterocycles. The van der Waals surface area contributed by atoms with Crippen molar-refractivity contribution in [3.63, 3.8) is 0 Å². The maximum absolute atomic E-state index is 12.7. The number of benzene rings is 1. The number of methoxy groups -OCH3 is 1. The van der Waals surface area contributed by atoms with Crippen LogP contribution >= 0.6 is 0 Å². The van der Waals surface area contributed by atoms with E-state index in [0.717, 1.165) is 25.8 Å². The van der Waals surface area contributed by atoms with E-state index >= 15 is 0 Å². The van der Waals surface area contributed by atoms with E-state index in [1.165, 1.54) is 0 Å². The summed E-state index contributed by atoms with van der Waals surface area (Å²) >= 11 is 0. The van der Waals surface area contributed by atoms with Crippen LogP contribution in [0.1, 0.15) is 36.5 Å². The lowest BCUT2D eigenvalue weighted by Gasteiger charge is -2.35. The van der Waals surface area contributed by atoms with E-state index < -0.39 is 0 Å². The summed E-state index contributed by atoms with van der Waals surface area (Å²) in [5, 5.41) is 0. The summed E-state index contributed by atoms with van der Waals surface area (Å²) in [4.78, 5) is 14.6. The molecule has 0 radical (unpaired) electrons. The van der Waals surface area contributed by atoms with Crippen molar-refractivity contribution in [1.29, 1.82) is 0 Å². The van der Waals surface area contributed by atoms with Crippen LogP contribution in [-0.2, 0) is 0 Å². The molecule has 21 heavy (non-hydrogen) atoms. The highest BCUT2D eigenvalue weighted by Crippen LogP contribution is 2.29. The molecule has 1 aliphatic rings. The first-order chi connectivity index (χ1) is 10.2. The van der Waals surface area contributed by atoms with Gasteiger partial charge in [0.15, 0.2) is 11.5 Å². The zero-order chi connectivity index (χ0) is 15.2. The second kappa shape index (κ2) is 7.31. The third-order valence-corrected chi connectivity index (χ3v) is 3.87. The Balaban J connectivity index is 2.22. The van der Waals surface area contributed by atoms with Crippen molar-refractivity contribution in [2.24, 2.45) is 5.73 Å². The van der Waals surface area contributed by atoms with Crippen molar-refractivity contribution >= 4 is 5.91 Å². The Bertz CT molecular complexity index is 490. The minimum absolute atomic E-state index is 0.0199. The van der Waals surface area contributed by atoms with Crippen molar-refractivity contribution in [3.8, 4) is 11.5 Å². The summed E-state index contributed by atoms with van der Waals surface area (Å²) < 4.78 is 10.8. The Labute approximate surface area is 126 Å². The molecule has 0 aliphatic carbocycles. The van der Waals surface area contributed by atoms with Gasteiger partial charge in [-0.1, -0.05) is 0 Å². The zero-order valence-electron chi connectivity index (χ0n) is 12.8. The van der Waals surface area contributed by atoms with E-state index in [2.05, 4.69) is 0 Å². The lowest BCUT2D eigenvalue weighted by molar-refractivity contribution is 0.0623. The van der Waals surface area contributed by atoms with Gasteiger partial charge in [0.2, 0.25) is 0 Å². The number of ether oxygens (including phenoxy) is 2. The van der Waals surface area contributed by atoms with E-state index in [9.17, 15) is 4.79 Å². The molecule has 1 aromatic rings. The molecule has 2 N–H and O–H groups in total. The second-order valence-electron chi connectivity index (χ2n) is 5.18. The van der Waals surface area contributed by atoms with Gasteiger partial charge in [0, 0.05) is 24.7 Å². The van der Waals surface area contributed by atoms with Gasteiger partial charge in [0.05, 0.1) is 13.7 Å². The Hall–Kier alpha value is -1.75. The Morgan fingerprint density at radius 2 is 2.19 bits per heavy atom. The van der Waals surface area contributed by atoms with Crippen LogP contribution in [0.2, 0.25) is 0 Å². The van der Waals surface area contributed by atoms with E-state index in [1.807, 2.05) is 11.8 Å². The number of rotatable bonds is 5. The van der Waals surface area contributed by atoms with Gasteiger partial charge in [-0.05, 0) is 44.4 Å². The highest BCUT2D eigenvalue weighted by Gasteiger charge is 2.26. The van der Waals surface area contributed by atoms with Crippen LogP contribution in [0, 0.1) is 0 Å². The van der Waals surface area contributed by atoms with Crippen molar-refractivity contribution in [3.05, 3.63) is 23.8 Å². The van der Waals surface area contributed by atoms with Crippen molar-refractivity contribution in [2.75, 3.05) is 26.8 Å². The molecule has 1 atom stereocenters. The number of carbonyl (C=O) groups excluding carboxylic acids is 1. The van der Waals surface area contributed by atoms with E-state index in [0.29, 0.717) is 30.2 Å². The van der Waals surface area contributed by atoms with Crippen LogP contribution in [0.5, 0.6) is 11.5 Å². The Kier molecular flexibility index (Phi) is 5.44. The Morgan fingerprint density at radius 1 is 1.38 bits per heavy atom.